The summed E-state index contributed by atoms with van der Waals surface area (Å²) < 4.78 is 0. The predicted octanol–water partition coefficient (Wildman–Crippen LogP) is 2.20. The lowest BCUT2D eigenvalue weighted by atomic mass is 11.9. The van der Waals surface area contributed by atoms with Crippen LogP contribution < -0.4 is 0 Å². The van der Waals surface area contributed by atoms with Crippen LogP contribution in [0.1, 0.15) is 0 Å². The Bertz CT molecular complexity index is 28.9. The minimum Gasteiger partial charge on any atom is -0.160 e. The first-order valence-corrected chi connectivity index (χ1v) is 4.34. The second kappa shape index (κ2) is 6.93. The van der Waals surface area contributed by atoms with Crippen molar-refractivity contribution >= 4 is 35.0 Å². The fourth-order valence-electron chi connectivity index (χ4n) is 0.211. The number of alkyl halides is 2. The van der Waals surface area contributed by atoms with Crippen LogP contribution >= 0.6 is 35.0 Å². The summed E-state index contributed by atoms with van der Waals surface area (Å²) in [6.07, 6.45) is 0. The summed E-state index contributed by atoms with van der Waals surface area (Å²) in [4.78, 5) is 0. The van der Waals surface area contributed by atoms with Gasteiger partial charge in [-0.15, -0.1) is 23.2 Å². The molecule has 0 saturated heterocycles. The highest BCUT2D eigenvalue weighted by Crippen LogP contribution is 1.99. The minimum absolute atomic E-state index is 0.738. The third-order valence-corrected chi connectivity index (χ3v) is 2.25. The van der Waals surface area contributed by atoms with Crippen LogP contribution in [-0.4, -0.2) is 23.3 Å². The Morgan fingerprint density at radius 1 is 1.00 bits per heavy atom. The molecule has 0 nitrogen and oxygen atoms in total. The van der Waals surface area contributed by atoms with Crippen molar-refractivity contribution in [1.82, 2.24) is 0 Å². The van der Waals surface area contributed by atoms with E-state index in [1.54, 1.807) is 11.8 Å². The molecule has 0 N–H and O–H groups in total. The fourth-order valence-corrected chi connectivity index (χ4v) is 1.29. The van der Waals surface area contributed by atoms with Crippen molar-refractivity contribution in [3.05, 3.63) is 0 Å². The molecule has 7 heavy (non-hydrogen) atoms. The van der Waals surface area contributed by atoms with Crippen LogP contribution in [0.3, 0.4) is 0 Å². The van der Waals surface area contributed by atoms with E-state index in [2.05, 4.69) is 0 Å². The first kappa shape index (κ1) is 7.93. The summed E-state index contributed by atoms with van der Waals surface area (Å²) in [7, 11) is 0. The standard InChI is InChI=1S/C4H8Cl2S/c5-1-3-7-4-2-6/h1-4H2/i1+1,2+1,3+1,4+1. The molecule has 0 aromatic heterocycles. The second-order valence-corrected chi connectivity index (χ2v) is 2.97. The van der Waals surface area contributed by atoms with E-state index in [0.717, 1.165) is 23.3 Å². The largest absolute Gasteiger partial charge is 0.160 e. The van der Waals surface area contributed by atoms with Gasteiger partial charge in [-0.2, -0.15) is 11.8 Å². The van der Waals surface area contributed by atoms with Gasteiger partial charge in [-0.3, -0.25) is 0 Å². The van der Waals surface area contributed by atoms with E-state index in [-0.39, 0.29) is 0 Å². The summed E-state index contributed by atoms with van der Waals surface area (Å²) in [6.45, 7) is 0. The lowest BCUT2D eigenvalue weighted by Crippen LogP contribution is -1.83. The molecule has 0 aromatic carbocycles. The van der Waals surface area contributed by atoms with Gasteiger partial charge in [0, 0.05) is 23.3 Å². The number of thioether (sulfide) groups is 1. The second-order valence-electron chi connectivity index (χ2n) is 0.990. The van der Waals surface area contributed by atoms with Gasteiger partial charge in [0.1, 0.15) is 0 Å². The predicted molar refractivity (Wildman–Crippen MR) is 38.8 cm³/mol. The van der Waals surface area contributed by atoms with Gasteiger partial charge in [0.25, 0.3) is 0 Å². The van der Waals surface area contributed by atoms with Crippen molar-refractivity contribution in [1.29, 1.82) is 0 Å². The maximum Gasteiger partial charge on any atom is 0.0314 e. The normalized spacial score (nSPS) is 9.43. The molecule has 0 amide bonds. The van der Waals surface area contributed by atoms with E-state index in [1.807, 2.05) is 0 Å². The maximum absolute atomic E-state index is 5.37. The molecular weight excluding hydrogens is 155 g/mol. The van der Waals surface area contributed by atoms with Gasteiger partial charge in [0.05, 0.1) is 0 Å². The number of halogens is 2. The molecule has 0 saturated carbocycles. The summed E-state index contributed by atoms with van der Waals surface area (Å²) in [5.41, 5.74) is 0. The van der Waals surface area contributed by atoms with Crippen molar-refractivity contribution in [2.45, 2.75) is 0 Å². The van der Waals surface area contributed by atoms with Crippen LogP contribution in [0.5, 0.6) is 0 Å². The van der Waals surface area contributed by atoms with Crippen molar-refractivity contribution in [3.63, 3.8) is 0 Å². The molecule has 0 heterocycles. The highest BCUT2D eigenvalue weighted by molar-refractivity contribution is 7.99. The summed E-state index contributed by atoms with van der Waals surface area (Å²) in [5, 5.41) is 0. The molecule has 0 aromatic rings. The molecule has 0 aliphatic carbocycles. The topological polar surface area (TPSA) is 0 Å². The molecule has 3 heteroatoms. The van der Waals surface area contributed by atoms with Crippen LogP contribution in [0.2, 0.25) is 0 Å². The molecule has 0 atom stereocenters. The average Bonchev–Trinajstić information content (AvgIpc) is 1.69. The van der Waals surface area contributed by atoms with E-state index in [9.17, 15) is 0 Å². The van der Waals surface area contributed by atoms with Crippen LogP contribution in [0, 0.1) is 0 Å². The third kappa shape index (κ3) is 6.93. The van der Waals surface area contributed by atoms with Gasteiger partial charge in [-0.05, 0) is 0 Å². The Kier molecular flexibility index (Phi) is 7.85. The summed E-state index contributed by atoms with van der Waals surface area (Å²) in [6, 6.07) is 0. The Balaban J connectivity index is 2.45. The Morgan fingerprint density at radius 3 is 1.71 bits per heavy atom. The molecule has 0 bridgehead atoms. The zero-order chi connectivity index (χ0) is 5.54. The number of rotatable bonds is 4. The quantitative estimate of drug-likeness (QED) is 0.347. The summed E-state index contributed by atoms with van der Waals surface area (Å²) >= 11 is 12.5. The van der Waals surface area contributed by atoms with Gasteiger partial charge < -0.3 is 0 Å². The lowest BCUT2D eigenvalue weighted by molar-refractivity contribution is 1.47. The zero-order valence-corrected chi connectivity index (χ0v) is 6.32. The Labute approximate surface area is 58.6 Å². The van der Waals surface area contributed by atoms with Gasteiger partial charge >= 0.3 is 0 Å². The Morgan fingerprint density at radius 2 is 1.43 bits per heavy atom. The molecule has 44 valence electrons. The van der Waals surface area contributed by atoms with Crippen molar-refractivity contribution in [2.75, 3.05) is 23.3 Å². The van der Waals surface area contributed by atoms with Gasteiger partial charge in [0.2, 0.25) is 0 Å². The molecule has 0 aliphatic heterocycles. The maximum atomic E-state index is 5.37. The van der Waals surface area contributed by atoms with Crippen molar-refractivity contribution in [3.8, 4) is 0 Å². The monoisotopic (exact) mass is 162 g/mol. The van der Waals surface area contributed by atoms with Crippen LogP contribution in [0.25, 0.3) is 0 Å². The average molecular weight is 163 g/mol. The highest BCUT2D eigenvalue weighted by Gasteiger charge is 1.82. The molecule has 0 unspecified atom stereocenters. The molecular formula is C4H8Cl2S. The molecule has 0 spiro atoms. The highest BCUT2D eigenvalue weighted by atomic mass is 35.5. The first-order valence-electron chi connectivity index (χ1n) is 2.11. The van der Waals surface area contributed by atoms with Gasteiger partial charge in [0.15, 0.2) is 0 Å². The van der Waals surface area contributed by atoms with Gasteiger partial charge in [-0.25, -0.2) is 0 Å². The lowest BCUT2D eigenvalue weighted by Gasteiger charge is -1.89. The molecule has 0 radical (unpaired) electrons. The van der Waals surface area contributed by atoms with E-state index >= 15 is 0 Å². The van der Waals surface area contributed by atoms with Crippen LogP contribution in [0.15, 0.2) is 0 Å². The van der Waals surface area contributed by atoms with E-state index in [4.69, 9.17) is 23.2 Å². The van der Waals surface area contributed by atoms with E-state index in [1.165, 1.54) is 0 Å². The first-order chi connectivity index (χ1) is 3.41. The molecule has 0 fully saturated rings. The third-order valence-electron chi connectivity index (χ3n) is 0.443. The zero-order valence-electron chi connectivity index (χ0n) is 3.99. The minimum atomic E-state index is 0.738. The fraction of sp³-hybridized carbons (Fsp3) is 1.00. The van der Waals surface area contributed by atoms with Crippen molar-refractivity contribution < 1.29 is 0 Å². The van der Waals surface area contributed by atoms with Crippen molar-refractivity contribution in [2.24, 2.45) is 0 Å². The SMILES string of the molecule is Cl[13CH2][13CH2]S[13CH2][13CH2]Cl. The van der Waals surface area contributed by atoms with Crippen LogP contribution in [0.4, 0.5) is 0 Å². The Hall–Kier alpha value is 0.930. The number of hydrogen-bond acceptors (Lipinski definition) is 1. The molecule has 0 rings (SSSR count). The summed E-state index contributed by atoms with van der Waals surface area (Å²) in [5.74, 6) is 3.52. The van der Waals surface area contributed by atoms with Crippen LogP contribution in [-0.2, 0) is 0 Å². The molecule has 0 aliphatic rings. The number of hydrogen-bond donors (Lipinski definition) is 0. The van der Waals surface area contributed by atoms with E-state index < -0.39 is 0 Å². The smallest absolute Gasteiger partial charge is 0.0314 e. The van der Waals surface area contributed by atoms with Gasteiger partial charge in [-0.1, -0.05) is 0 Å². The van der Waals surface area contributed by atoms with E-state index in [0.29, 0.717) is 0 Å².